The summed E-state index contributed by atoms with van der Waals surface area (Å²) in [4.78, 5) is 29.7. The summed E-state index contributed by atoms with van der Waals surface area (Å²) in [7, 11) is 7.05. The average molecular weight is 474 g/mol. The van der Waals surface area contributed by atoms with Gasteiger partial charge in [-0.1, -0.05) is 29.8 Å². The number of hydrogen-bond donors (Lipinski definition) is 1. The molecule has 0 aromatic heterocycles. The molecule has 33 heavy (non-hydrogen) atoms. The van der Waals surface area contributed by atoms with Gasteiger partial charge < -0.3 is 24.6 Å². The van der Waals surface area contributed by atoms with Crippen LogP contribution >= 0.6 is 11.6 Å². The number of benzene rings is 2. The van der Waals surface area contributed by atoms with Gasteiger partial charge in [0.1, 0.15) is 11.5 Å². The fraction of sp³-hybridized carbons (Fsp3) is 0.440. The highest BCUT2D eigenvalue weighted by Crippen LogP contribution is 2.27. The van der Waals surface area contributed by atoms with E-state index in [1.54, 1.807) is 37.3 Å². The van der Waals surface area contributed by atoms with Crippen molar-refractivity contribution in [3.05, 3.63) is 58.6 Å². The molecule has 8 heteroatoms. The first-order valence-corrected chi connectivity index (χ1v) is 11.4. The monoisotopic (exact) mass is 473 g/mol. The lowest BCUT2D eigenvalue weighted by Gasteiger charge is -2.32. The highest BCUT2D eigenvalue weighted by atomic mass is 35.5. The van der Waals surface area contributed by atoms with E-state index >= 15 is 0 Å². The number of likely N-dealkylation sites (N-methyl/N-ethyl adjacent to an activating group) is 1. The predicted molar refractivity (Wildman–Crippen MR) is 129 cm³/mol. The molecule has 1 aliphatic rings. The third-order valence-corrected chi connectivity index (χ3v) is 6.45. The van der Waals surface area contributed by atoms with E-state index < -0.39 is 0 Å². The minimum absolute atomic E-state index is 0.0176. The molecule has 0 saturated carbocycles. The minimum atomic E-state index is -0.122. The molecule has 0 aliphatic carbocycles. The zero-order valence-corrected chi connectivity index (χ0v) is 20.4. The summed E-state index contributed by atoms with van der Waals surface area (Å²) in [6.45, 7) is 1.52. The van der Waals surface area contributed by atoms with Crippen molar-refractivity contribution in [2.75, 3.05) is 47.9 Å². The molecule has 1 atom stereocenters. The quantitative estimate of drug-likeness (QED) is 0.634. The minimum Gasteiger partial charge on any atom is -0.497 e. The molecule has 7 nitrogen and oxygen atoms in total. The number of ether oxygens (including phenoxy) is 2. The fourth-order valence-electron chi connectivity index (χ4n) is 4.12. The number of amides is 2. The van der Waals surface area contributed by atoms with Gasteiger partial charge in [0.2, 0.25) is 5.91 Å². The first-order valence-electron chi connectivity index (χ1n) is 11.0. The summed E-state index contributed by atoms with van der Waals surface area (Å²) in [6, 6.07) is 12.8. The molecule has 1 saturated heterocycles. The Balaban J connectivity index is 1.56. The van der Waals surface area contributed by atoms with Crippen LogP contribution in [0.4, 0.5) is 0 Å². The van der Waals surface area contributed by atoms with E-state index in [-0.39, 0.29) is 23.8 Å². The van der Waals surface area contributed by atoms with Gasteiger partial charge in [0.25, 0.3) is 5.91 Å². The van der Waals surface area contributed by atoms with Gasteiger partial charge in [-0.25, -0.2) is 0 Å². The fourth-order valence-corrected chi connectivity index (χ4v) is 4.38. The maximum Gasteiger partial charge on any atom is 0.254 e. The summed E-state index contributed by atoms with van der Waals surface area (Å²) in [6.07, 6.45) is 1.24. The Bertz CT molecular complexity index is 952. The second-order valence-corrected chi connectivity index (χ2v) is 8.82. The van der Waals surface area contributed by atoms with E-state index in [4.69, 9.17) is 21.1 Å². The van der Waals surface area contributed by atoms with E-state index in [1.165, 1.54) is 0 Å². The van der Waals surface area contributed by atoms with Crippen LogP contribution in [-0.4, -0.2) is 69.6 Å². The van der Waals surface area contributed by atoms with E-state index in [9.17, 15) is 9.59 Å². The van der Waals surface area contributed by atoms with E-state index in [0.29, 0.717) is 54.6 Å². The molecular formula is C25H32ClN3O4. The van der Waals surface area contributed by atoms with Crippen molar-refractivity contribution in [1.29, 1.82) is 0 Å². The lowest BCUT2D eigenvalue weighted by Crippen LogP contribution is -2.44. The number of methoxy groups -OCH3 is 2. The van der Waals surface area contributed by atoms with Crippen molar-refractivity contribution in [1.82, 2.24) is 15.1 Å². The molecule has 1 N–H and O–H groups in total. The Hall–Kier alpha value is -2.77. The van der Waals surface area contributed by atoms with Gasteiger partial charge in [0.05, 0.1) is 20.3 Å². The molecule has 2 aromatic rings. The van der Waals surface area contributed by atoms with Crippen LogP contribution in [0.2, 0.25) is 5.02 Å². The first-order chi connectivity index (χ1) is 15.8. The number of rotatable bonds is 8. The number of nitrogens with one attached hydrogen (secondary N) is 1. The number of carbonyl (C=O) groups excluding carboxylic acids is 2. The molecule has 1 unspecified atom stereocenters. The Labute approximate surface area is 200 Å². The molecule has 3 rings (SSSR count). The largest absolute Gasteiger partial charge is 0.497 e. The Morgan fingerprint density at radius 3 is 2.24 bits per heavy atom. The molecule has 2 amide bonds. The number of hydrogen-bond acceptors (Lipinski definition) is 5. The van der Waals surface area contributed by atoms with E-state index in [1.807, 2.05) is 43.3 Å². The average Bonchev–Trinajstić information content (AvgIpc) is 2.84. The lowest BCUT2D eigenvalue weighted by atomic mass is 9.95. The molecule has 1 heterocycles. The van der Waals surface area contributed by atoms with Crippen LogP contribution in [0.3, 0.4) is 0 Å². The number of nitrogens with zero attached hydrogens (tertiary/aromatic N) is 2. The van der Waals surface area contributed by atoms with Crippen molar-refractivity contribution in [3.8, 4) is 11.5 Å². The van der Waals surface area contributed by atoms with Gasteiger partial charge in [0, 0.05) is 42.2 Å². The van der Waals surface area contributed by atoms with Crippen molar-refractivity contribution in [2.45, 2.75) is 18.9 Å². The molecule has 2 aromatic carbocycles. The van der Waals surface area contributed by atoms with Crippen LogP contribution in [0, 0.1) is 5.92 Å². The smallest absolute Gasteiger partial charge is 0.254 e. The van der Waals surface area contributed by atoms with Crippen molar-refractivity contribution in [3.63, 3.8) is 0 Å². The van der Waals surface area contributed by atoms with Crippen LogP contribution in [0.1, 0.15) is 34.8 Å². The molecule has 178 valence electrons. The Morgan fingerprint density at radius 2 is 1.70 bits per heavy atom. The van der Waals surface area contributed by atoms with Crippen LogP contribution in [-0.2, 0) is 4.79 Å². The highest BCUT2D eigenvalue weighted by Gasteiger charge is 2.29. The Morgan fingerprint density at radius 1 is 1.09 bits per heavy atom. The maximum atomic E-state index is 13.0. The van der Waals surface area contributed by atoms with Gasteiger partial charge in [-0.2, -0.15) is 0 Å². The number of carbonyl (C=O) groups is 2. The van der Waals surface area contributed by atoms with Gasteiger partial charge in [0.15, 0.2) is 0 Å². The number of piperidine rings is 1. The Kier molecular flexibility index (Phi) is 8.58. The first kappa shape index (κ1) is 24.9. The number of likely N-dealkylation sites (tertiary alicyclic amines) is 1. The molecule has 1 aliphatic heterocycles. The van der Waals surface area contributed by atoms with E-state index in [2.05, 4.69) is 5.32 Å². The highest BCUT2D eigenvalue weighted by molar-refractivity contribution is 6.31. The third-order valence-electron chi connectivity index (χ3n) is 6.11. The van der Waals surface area contributed by atoms with Gasteiger partial charge in [-0.15, -0.1) is 0 Å². The molecule has 0 radical (unpaired) electrons. The summed E-state index contributed by atoms with van der Waals surface area (Å²) in [5, 5.41) is 3.78. The van der Waals surface area contributed by atoms with E-state index in [0.717, 1.165) is 5.56 Å². The second-order valence-electron chi connectivity index (χ2n) is 8.41. The van der Waals surface area contributed by atoms with Crippen LogP contribution in [0.25, 0.3) is 0 Å². The second kappa shape index (κ2) is 11.4. The standard InChI is InChI=1S/C25H32ClN3O4/c1-28(2)23(21-7-5-6-8-22(21)26)16-27-24(30)17-9-11-29(12-10-17)25(31)18-13-19(32-3)15-20(14-18)33-4/h5-8,13-15,17,23H,9-12,16H2,1-4H3,(H,27,30). The van der Waals surface area contributed by atoms with Crippen LogP contribution < -0.4 is 14.8 Å². The normalized spacial score (nSPS) is 15.3. The van der Waals surface area contributed by atoms with Crippen molar-refractivity contribution < 1.29 is 19.1 Å². The molecule has 0 spiro atoms. The van der Waals surface area contributed by atoms with Gasteiger partial charge in [-0.05, 0) is 50.7 Å². The maximum absolute atomic E-state index is 13.0. The zero-order chi connectivity index (χ0) is 24.0. The summed E-state index contributed by atoms with van der Waals surface area (Å²) < 4.78 is 10.5. The molecule has 1 fully saturated rings. The molecular weight excluding hydrogens is 442 g/mol. The van der Waals surface area contributed by atoms with Crippen molar-refractivity contribution >= 4 is 23.4 Å². The predicted octanol–water partition coefficient (Wildman–Crippen LogP) is 3.63. The number of halogens is 1. The summed E-state index contributed by atoms with van der Waals surface area (Å²) in [5.41, 5.74) is 1.50. The topological polar surface area (TPSA) is 71.1 Å². The third kappa shape index (κ3) is 6.18. The molecule has 0 bridgehead atoms. The van der Waals surface area contributed by atoms with Crippen LogP contribution in [0.5, 0.6) is 11.5 Å². The van der Waals surface area contributed by atoms with Gasteiger partial charge in [-0.3, -0.25) is 9.59 Å². The zero-order valence-electron chi connectivity index (χ0n) is 19.6. The van der Waals surface area contributed by atoms with Crippen LogP contribution in [0.15, 0.2) is 42.5 Å². The summed E-state index contributed by atoms with van der Waals surface area (Å²) >= 11 is 6.37. The van der Waals surface area contributed by atoms with Crippen molar-refractivity contribution in [2.24, 2.45) is 5.92 Å². The summed E-state index contributed by atoms with van der Waals surface area (Å²) in [5.74, 6) is 0.950. The lowest BCUT2D eigenvalue weighted by molar-refractivity contribution is -0.126. The van der Waals surface area contributed by atoms with Gasteiger partial charge >= 0.3 is 0 Å². The SMILES string of the molecule is COc1cc(OC)cc(C(=O)N2CCC(C(=O)NCC(c3ccccc3Cl)N(C)C)CC2)c1.